The van der Waals surface area contributed by atoms with Gasteiger partial charge in [-0.25, -0.2) is 0 Å². The largest absolute Gasteiger partial charge is 0.491 e. The fourth-order valence-electron chi connectivity index (χ4n) is 4.24. The number of aromatic nitrogens is 1. The van der Waals surface area contributed by atoms with Crippen molar-refractivity contribution in [1.29, 1.82) is 5.26 Å². The van der Waals surface area contributed by atoms with E-state index in [1.54, 1.807) is 6.07 Å². The molecular weight excluding hydrogens is 384 g/mol. The molecule has 0 bridgehead atoms. The van der Waals surface area contributed by atoms with Gasteiger partial charge in [0, 0.05) is 17.5 Å². The quantitative estimate of drug-likeness (QED) is 0.620. The smallest absolute Gasteiger partial charge is 0.306 e. The van der Waals surface area contributed by atoms with Gasteiger partial charge in [0.25, 0.3) is 0 Å². The third-order valence-corrected chi connectivity index (χ3v) is 5.37. The molecule has 162 valence electrons. The van der Waals surface area contributed by atoms with Crippen molar-refractivity contribution in [2.45, 2.75) is 65.7 Å². The Bertz CT molecular complexity index is 971. The molecule has 1 aromatic carbocycles. The Balaban J connectivity index is 2.15. The number of ether oxygens (including phenoxy) is 3. The molecule has 0 saturated carbocycles. The third kappa shape index (κ3) is 4.30. The standard InChI is InChI=1S/C23H30N2O5/c1-5-7-25-22-15(4)18(30-10-9-28-14(2)3)11-16(13-24)21(22)17-6-8-29-19(23(17)25)12-20(26)27/h11,14,19H,5-10,12H2,1-4H3,(H,26,27)/t19-/m1/s1. The number of benzene rings is 1. The number of nitrogens with zero attached hydrogens (tertiary/aromatic N) is 2. The van der Waals surface area contributed by atoms with Gasteiger partial charge in [0.15, 0.2) is 0 Å². The number of aryl methyl sites for hydroxylation is 2. The van der Waals surface area contributed by atoms with Crippen LogP contribution in [0, 0.1) is 18.3 Å². The number of rotatable bonds is 9. The van der Waals surface area contributed by atoms with Crippen LogP contribution in [0.5, 0.6) is 5.75 Å². The van der Waals surface area contributed by atoms with Gasteiger partial charge in [0.1, 0.15) is 18.5 Å². The van der Waals surface area contributed by atoms with Gasteiger partial charge in [0.2, 0.25) is 0 Å². The van der Waals surface area contributed by atoms with Gasteiger partial charge in [-0.1, -0.05) is 6.92 Å². The summed E-state index contributed by atoms with van der Waals surface area (Å²) in [5, 5.41) is 20.2. The molecule has 0 unspecified atom stereocenters. The zero-order chi connectivity index (χ0) is 21.8. The Morgan fingerprint density at radius 3 is 2.83 bits per heavy atom. The fourth-order valence-corrected chi connectivity index (χ4v) is 4.24. The van der Waals surface area contributed by atoms with Crippen molar-refractivity contribution in [3.05, 3.63) is 28.5 Å². The summed E-state index contributed by atoms with van der Waals surface area (Å²) in [5.74, 6) is -0.234. The van der Waals surface area contributed by atoms with E-state index in [-0.39, 0.29) is 12.5 Å². The van der Waals surface area contributed by atoms with E-state index in [0.29, 0.717) is 37.6 Å². The average molecular weight is 415 g/mol. The van der Waals surface area contributed by atoms with E-state index in [9.17, 15) is 15.2 Å². The van der Waals surface area contributed by atoms with Crippen molar-refractivity contribution in [3.8, 4) is 11.8 Å². The lowest BCUT2D eigenvalue weighted by Crippen LogP contribution is -2.21. The van der Waals surface area contributed by atoms with Crippen LogP contribution in [-0.4, -0.2) is 41.6 Å². The van der Waals surface area contributed by atoms with Crippen LogP contribution in [0.2, 0.25) is 0 Å². The molecular formula is C23H30N2O5. The van der Waals surface area contributed by atoms with Crippen LogP contribution in [0.4, 0.5) is 0 Å². The normalized spacial score (nSPS) is 15.9. The zero-order valence-corrected chi connectivity index (χ0v) is 18.2. The summed E-state index contributed by atoms with van der Waals surface area (Å²) < 4.78 is 19.5. The lowest BCUT2D eigenvalue weighted by molar-refractivity contribution is -0.140. The van der Waals surface area contributed by atoms with Gasteiger partial charge in [-0.05, 0) is 45.2 Å². The molecule has 7 nitrogen and oxygen atoms in total. The number of fused-ring (bicyclic) bond motifs is 3. The van der Waals surface area contributed by atoms with Crippen molar-refractivity contribution in [1.82, 2.24) is 4.57 Å². The molecule has 30 heavy (non-hydrogen) atoms. The predicted octanol–water partition coefficient (Wildman–Crippen LogP) is 4.12. The maximum atomic E-state index is 11.4. The highest BCUT2D eigenvalue weighted by Crippen LogP contribution is 2.42. The molecule has 1 N–H and O–H groups in total. The fraction of sp³-hybridized carbons (Fsp3) is 0.565. The second-order valence-electron chi connectivity index (χ2n) is 7.87. The number of carbonyl (C=O) groups is 1. The van der Waals surface area contributed by atoms with Crippen LogP contribution < -0.4 is 4.74 Å². The Labute approximate surface area is 177 Å². The molecule has 0 radical (unpaired) electrons. The summed E-state index contributed by atoms with van der Waals surface area (Å²) in [6.45, 7) is 10.1. The van der Waals surface area contributed by atoms with E-state index in [1.807, 2.05) is 20.8 Å². The van der Waals surface area contributed by atoms with E-state index < -0.39 is 12.1 Å². The minimum absolute atomic E-state index is 0.0934. The van der Waals surface area contributed by atoms with E-state index in [2.05, 4.69) is 17.6 Å². The Kier molecular flexibility index (Phi) is 7.01. The topological polar surface area (TPSA) is 93.7 Å². The molecule has 1 aliphatic heterocycles. The van der Waals surface area contributed by atoms with Crippen LogP contribution in [0.25, 0.3) is 10.9 Å². The third-order valence-electron chi connectivity index (χ3n) is 5.37. The molecule has 1 atom stereocenters. The number of carboxylic acids is 1. The summed E-state index contributed by atoms with van der Waals surface area (Å²) in [6.07, 6.45) is 1.07. The SMILES string of the molecule is CCCn1c2c(c3c(C#N)cc(OCCOC(C)C)c(C)c31)CCO[C@@H]2CC(=O)O. The number of hydrogen-bond donors (Lipinski definition) is 1. The van der Waals surface area contributed by atoms with Crippen molar-refractivity contribution in [2.75, 3.05) is 19.8 Å². The average Bonchev–Trinajstić information content (AvgIpc) is 3.02. The van der Waals surface area contributed by atoms with Crippen molar-refractivity contribution < 1.29 is 24.1 Å². The first-order valence-corrected chi connectivity index (χ1v) is 10.5. The first-order chi connectivity index (χ1) is 14.4. The van der Waals surface area contributed by atoms with Crippen LogP contribution in [0.15, 0.2) is 6.07 Å². The predicted molar refractivity (Wildman–Crippen MR) is 113 cm³/mol. The second kappa shape index (κ2) is 9.50. The Morgan fingerprint density at radius 2 is 2.20 bits per heavy atom. The highest BCUT2D eigenvalue weighted by atomic mass is 16.5. The van der Waals surface area contributed by atoms with E-state index in [4.69, 9.17) is 14.2 Å². The summed E-state index contributed by atoms with van der Waals surface area (Å²) in [6, 6.07) is 4.12. The molecule has 0 aliphatic carbocycles. The first kappa shape index (κ1) is 22.1. The summed E-state index contributed by atoms with van der Waals surface area (Å²) >= 11 is 0. The molecule has 3 rings (SSSR count). The number of hydrogen-bond acceptors (Lipinski definition) is 5. The maximum absolute atomic E-state index is 11.4. The van der Waals surface area contributed by atoms with Gasteiger partial charge in [-0.15, -0.1) is 0 Å². The highest BCUT2D eigenvalue weighted by molar-refractivity contribution is 5.95. The van der Waals surface area contributed by atoms with Crippen LogP contribution in [0.3, 0.4) is 0 Å². The maximum Gasteiger partial charge on any atom is 0.306 e. The second-order valence-corrected chi connectivity index (χ2v) is 7.87. The van der Waals surface area contributed by atoms with Crippen molar-refractivity contribution in [2.24, 2.45) is 0 Å². The highest BCUT2D eigenvalue weighted by Gasteiger charge is 2.32. The lowest BCUT2D eigenvalue weighted by Gasteiger charge is -2.25. The molecule has 1 aliphatic rings. The van der Waals surface area contributed by atoms with Crippen LogP contribution >= 0.6 is 0 Å². The minimum atomic E-state index is -0.896. The lowest BCUT2D eigenvalue weighted by atomic mass is 9.96. The van der Waals surface area contributed by atoms with Crippen molar-refractivity contribution >= 4 is 16.9 Å². The van der Waals surface area contributed by atoms with Crippen LogP contribution in [-0.2, 0) is 27.2 Å². The van der Waals surface area contributed by atoms with E-state index >= 15 is 0 Å². The van der Waals surface area contributed by atoms with Crippen molar-refractivity contribution in [3.63, 3.8) is 0 Å². The summed E-state index contributed by atoms with van der Waals surface area (Å²) in [4.78, 5) is 11.4. The molecule has 1 aromatic heterocycles. The molecule has 0 spiro atoms. The van der Waals surface area contributed by atoms with E-state index in [0.717, 1.165) is 40.7 Å². The minimum Gasteiger partial charge on any atom is -0.491 e. The molecule has 7 heteroatoms. The number of nitriles is 1. The summed E-state index contributed by atoms with van der Waals surface area (Å²) in [5.41, 5.74) is 4.37. The number of carboxylic acid groups (broad SMARTS) is 1. The van der Waals surface area contributed by atoms with Crippen LogP contribution in [0.1, 0.15) is 62.1 Å². The molecule has 0 saturated heterocycles. The van der Waals surface area contributed by atoms with E-state index in [1.165, 1.54) is 0 Å². The molecule has 2 aromatic rings. The van der Waals surface area contributed by atoms with Gasteiger partial charge in [-0.3, -0.25) is 4.79 Å². The molecule has 2 heterocycles. The molecule has 0 fully saturated rings. The number of aliphatic carboxylic acids is 1. The van der Waals surface area contributed by atoms with Gasteiger partial charge >= 0.3 is 5.97 Å². The first-order valence-electron chi connectivity index (χ1n) is 10.5. The summed E-state index contributed by atoms with van der Waals surface area (Å²) in [7, 11) is 0. The monoisotopic (exact) mass is 414 g/mol. The van der Waals surface area contributed by atoms with Gasteiger partial charge in [0.05, 0.1) is 48.6 Å². The zero-order valence-electron chi connectivity index (χ0n) is 18.2. The molecule has 0 amide bonds. The Morgan fingerprint density at radius 1 is 1.43 bits per heavy atom. The van der Waals surface area contributed by atoms with Gasteiger partial charge in [-0.2, -0.15) is 5.26 Å². The Hall–Kier alpha value is -2.56. The van der Waals surface area contributed by atoms with Gasteiger partial charge < -0.3 is 23.9 Å².